The lowest BCUT2D eigenvalue weighted by molar-refractivity contribution is -0.308. The Kier molecular flexibility index (Phi) is 5.01. The number of ether oxygens (including phenoxy) is 1. The number of likely N-dealkylation sites (tertiary alicyclic amines) is 2. The number of carboxylic acid groups (broad SMARTS) is 1. The number of rotatable bonds is 3. The van der Waals surface area contributed by atoms with Crippen LogP contribution < -0.4 is 5.11 Å². The highest BCUT2D eigenvalue weighted by molar-refractivity contribution is 5.73. The normalized spacial score (nSPS) is 22.2. The molecule has 2 fully saturated rings. The van der Waals surface area contributed by atoms with Crippen molar-refractivity contribution in [2.75, 3.05) is 32.8 Å². The van der Waals surface area contributed by atoms with Gasteiger partial charge >= 0.3 is 6.09 Å². The van der Waals surface area contributed by atoms with Crippen LogP contribution >= 0.6 is 0 Å². The third-order valence-electron chi connectivity index (χ3n) is 3.94. The van der Waals surface area contributed by atoms with Gasteiger partial charge in [0.05, 0.1) is 5.97 Å². The fourth-order valence-electron chi connectivity index (χ4n) is 2.91. The van der Waals surface area contributed by atoms with Gasteiger partial charge in [-0.1, -0.05) is 6.42 Å². The van der Waals surface area contributed by atoms with Crippen molar-refractivity contribution >= 4 is 12.1 Å². The van der Waals surface area contributed by atoms with Gasteiger partial charge in [0.25, 0.3) is 0 Å². The lowest BCUT2D eigenvalue weighted by atomic mass is 10.0. The van der Waals surface area contributed by atoms with E-state index in [2.05, 4.69) is 9.64 Å². The number of carbonyl (C=O) groups excluding carboxylic acids is 2. The zero-order chi connectivity index (χ0) is 13.7. The van der Waals surface area contributed by atoms with Crippen LogP contribution in [0.3, 0.4) is 0 Å². The fraction of sp³-hybridized carbons (Fsp3) is 0.846. The first-order chi connectivity index (χ1) is 9.16. The van der Waals surface area contributed by atoms with Gasteiger partial charge in [-0.2, -0.15) is 0 Å². The largest absolute Gasteiger partial charge is 0.546 e. The Morgan fingerprint density at radius 1 is 1.05 bits per heavy atom. The molecule has 2 rings (SSSR count). The highest BCUT2D eigenvalue weighted by atomic mass is 16.6. The zero-order valence-electron chi connectivity index (χ0n) is 11.2. The molecule has 0 aromatic rings. The summed E-state index contributed by atoms with van der Waals surface area (Å²) in [5, 5.41) is 10.2. The lowest BCUT2D eigenvalue weighted by Gasteiger charge is -2.39. The lowest BCUT2D eigenvalue weighted by Crippen LogP contribution is -2.48. The number of hydrogen-bond acceptors (Lipinski definition) is 5. The van der Waals surface area contributed by atoms with Crippen LogP contribution in [0.2, 0.25) is 0 Å². The smallest absolute Gasteiger partial charge is 0.410 e. The Morgan fingerprint density at radius 2 is 1.68 bits per heavy atom. The molecule has 6 nitrogen and oxygen atoms in total. The van der Waals surface area contributed by atoms with Gasteiger partial charge in [-0.05, 0) is 38.8 Å². The SMILES string of the molecule is O=C([O-])COC(=O)N1CCC(N2CCCCC2)CC1. The van der Waals surface area contributed by atoms with E-state index in [1.165, 1.54) is 32.4 Å². The number of amides is 1. The molecule has 1 amide bonds. The maximum absolute atomic E-state index is 11.6. The number of nitrogens with zero attached hydrogens (tertiary/aromatic N) is 2. The molecule has 0 atom stereocenters. The highest BCUT2D eigenvalue weighted by Gasteiger charge is 2.28. The molecule has 108 valence electrons. The number of carbonyl (C=O) groups is 2. The van der Waals surface area contributed by atoms with E-state index in [0.717, 1.165) is 12.8 Å². The van der Waals surface area contributed by atoms with Gasteiger partial charge in [0.2, 0.25) is 0 Å². The number of aliphatic carboxylic acids is 1. The first kappa shape index (κ1) is 14.1. The van der Waals surface area contributed by atoms with Crippen LogP contribution in [0, 0.1) is 0 Å². The predicted molar refractivity (Wildman–Crippen MR) is 66.4 cm³/mol. The van der Waals surface area contributed by atoms with Gasteiger partial charge < -0.3 is 24.4 Å². The summed E-state index contributed by atoms with van der Waals surface area (Å²) in [6.45, 7) is 2.96. The van der Waals surface area contributed by atoms with E-state index < -0.39 is 18.7 Å². The molecule has 0 spiro atoms. The van der Waals surface area contributed by atoms with E-state index in [9.17, 15) is 14.7 Å². The Balaban J connectivity index is 1.72. The van der Waals surface area contributed by atoms with E-state index >= 15 is 0 Å². The van der Waals surface area contributed by atoms with Crippen LogP contribution in [0.1, 0.15) is 32.1 Å². The minimum atomic E-state index is -1.36. The highest BCUT2D eigenvalue weighted by Crippen LogP contribution is 2.21. The summed E-state index contributed by atoms with van der Waals surface area (Å²) in [4.78, 5) is 25.9. The maximum Gasteiger partial charge on any atom is 0.410 e. The van der Waals surface area contributed by atoms with Crippen molar-refractivity contribution in [3.63, 3.8) is 0 Å². The number of hydrogen-bond donors (Lipinski definition) is 0. The zero-order valence-corrected chi connectivity index (χ0v) is 11.2. The van der Waals surface area contributed by atoms with Crippen LogP contribution in [0.5, 0.6) is 0 Å². The molecular formula is C13H21N2O4-. The average Bonchev–Trinajstić information content (AvgIpc) is 2.46. The topological polar surface area (TPSA) is 72.9 Å². The van der Waals surface area contributed by atoms with E-state index in [4.69, 9.17) is 0 Å². The third kappa shape index (κ3) is 4.09. The number of carboxylic acids is 1. The Morgan fingerprint density at radius 3 is 2.26 bits per heavy atom. The summed E-state index contributed by atoms with van der Waals surface area (Å²) in [5.74, 6) is -1.36. The molecule has 0 saturated carbocycles. The van der Waals surface area contributed by atoms with Crippen molar-refractivity contribution in [2.24, 2.45) is 0 Å². The molecule has 0 aromatic carbocycles. The minimum Gasteiger partial charge on any atom is -0.546 e. The summed E-state index contributed by atoms with van der Waals surface area (Å²) < 4.78 is 4.63. The van der Waals surface area contributed by atoms with E-state index in [1.807, 2.05) is 0 Å². The molecule has 0 N–H and O–H groups in total. The molecular weight excluding hydrogens is 248 g/mol. The van der Waals surface area contributed by atoms with Gasteiger partial charge in [-0.15, -0.1) is 0 Å². The van der Waals surface area contributed by atoms with Crippen molar-refractivity contribution in [1.29, 1.82) is 0 Å². The van der Waals surface area contributed by atoms with Gasteiger partial charge in [0.15, 0.2) is 0 Å². The standard InChI is InChI=1S/C13H22N2O4/c16-12(17)10-19-13(18)15-8-4-11(5-9-15)14-6-2-1-3-7-14/h11H,1-10H2,(H,16,17)/p-1. The summed E-state index contributed by atoms with van der Waals surface area (Å²) in [7, 11) is 0. The van der Waals surface area contributed by atoms with Gasteiger partial charge in [-0.3, -0.25) is 0 Å². The van der Waals surface area contributed by atoms with E-state index in [1.54, 1.807) is 4.90 Å². The molecule has 0 aliphatic carbocycles. The Bertz CT molecular complexity index is 321. The van der Waals surface area contributed by atoms with Crippen molar-refractivity contribution in [1.82, 2.24) is 9.80 Å². The molecule has 0 aromatic heterocycles. The Hall–Kier alpha value is -1.30. The first-order valence-corrected chi connectivity index (χ1v) is 7.02. The maximum atomic E-state index is 11.6. The van der Waals surface area contributed by atoms with Crippen molar-refractivity contribution in [2.45, 2.75) is 38.1 Å². The quantitative estimate of drug-likeness (QED) is 0.711. The summed E-state index contributed by atoms with van der Waals surface area (Å²) in [6.07, 6.45) is 5.22. The number of piperidine rings is 2. The minimum absolute atomic E-state index is 0.540. The second-order valence-corrected chi connectivity index (χ2v) is 5.24. The Labute approximate surface area is 113 Å². The van der Waals surface area contributed by atoms with Crippen molar-refractivity contribution < 1.29 is 19.4 Å². The molecule has 0 unspecified atom stereocenters. The molecule has 2 heterocycles. The van der Waals surface area contributed by atoms with Crippen LogP contribution in [-0.4, -0.2) is 60.7 Å². The van der Waals surface area contributed by atoms with E-state index in [-0.39, 0.29) is 0 Å². The summed E-state index contributed by atoms with van der Waals surface area (Å²) in [5.41, 5.74) is 0. The fourth-order valence-corrected chi connectivity index (χ4v) is 2.91. The second-order valence-electron chi connectivity index (χ2n) is 5.24. The van der Waals surface area contributed by atoms with Crippen LogP contribution in [-0.2, 0) is 9.53 Å². The van der Waals surface area contributed by atoms with Crippen LogP contribution in [0.15, 0.2) is 0 Å². The summed E-state index contributed by atoms with van der Waals surface area (Å²) in [6, 6.07) is 0.561. The molecule has 19 heavy (non-hydrogen) atoms. The third-order valence-corrected chi connectivity index (χ3v) is 3.94. The van der Waals surface area contributed by atoms with Crippen LogP contribution in [0.4, 0.5) is 4.79 Å². The molecule has 2 saturated heterocycles. The summed E-state index contributed by atoms with van der Waals surface area (Å²) >= 11 is 0. The molecule has 2 aliphatic heterocycles. The molecule has 0 radical (unpaired) electrons. The van der Waals surface area contributed by atoms with Crippen molar-refractivity contribution in [3.8, 4) is 0 Å². The first-order valence-electron chi connectivity index (χ1n) is 7.02. The predicted octanol–water partition coefficient (Wildman–Crippen LogP) is -0.177. The second kappa shape index (κ2) is 6.75. The van der Waals surface area contributed by atoms with Crippen molar-refractivity contribution in [3.05, 3.63) is 0 Å². The molecule has 0 bridgehead atoms. The van der Waals surface area contributed by atoms with E-state index in [0.29, 0.717) is 19.1 Å². The van der Waals surface area contributed by atoms with Gasteiger partial charge in [0.1, 0.15) is 6.61 Å². The monoisotopic (exact) mass is 269 g/mol. The van der Waals surface area contributed by atoms with Gasteiger partial charge in [0, 0.05) is 19.1 Å². The van der Waals surface area contributed by atoms with Gasteiger partial charge in [-0.25, -0.2) is 4.79 Å². The average molecular weight is 269 g/mol. The molecule has 6 heteroatoms. The molecule has 2 aliphatic rings. The van der Waals surface area contributed by atoms with Crippen LogP contribution in [0.25, 0.3) is 0 Å².